The minimum absolute atomic E-state index is 1.16. The zero-order valence-corrected chi connectivity index (χ0v) is 36.4. The van der Waals surface area contributed by atoms with Crippen molar-refractivity contribution in [3.8, 4) is 66.8 Å². The van der Waals surface area contributed by atoms with Gasteiger partial charge in [-0.2, -0.15) is 0 Å². The Labute approximate surface area is 386 Å². The van der Waals surface area contributed by atoms with E-state index in [1.807, 2.05) is 0 Å². The Bertz CT molecular complexity index is 3690. The number of hydrogen-bond donors (Lipinski definition) is 0. The maximum atomic E-state index is 2.33. The van der Waals surface area contributed by atoms with Crippen LogP contribution < -0.4 is 0 Å². The second kappa shape index (κ2) is 16.8. The molecule has 0 heterocycles. The van der Waals surface area contributed by atoms with Gasteiger partial charge in [0, 0.05) is 0 Å². The molecule has 0 amide bonds. The van der Waals surface area contributed by atoms with Gasteiger partial charge in [0.05, 0.1) is 0 Å². The van der Waals surface area contributed by atoms with Crippen LogP contribution in [0.5, 0.6) is 0 Å². The predicted molar refractivity (Wildman–Crippen MR) is 284 cm³/mol. The van der Waals surface area contributed by atoms with Crippen LogP contribution in [0, 0.1) is 0 Å². The van der Waals surface area contributed by atoms with E-state index in [-0.39, 0.29) is 0 Å². The van der Waals surface area contributed by atoms with Gasteiger partial charge in [0.2, 0.25) is 0 Å². The predicted octanol–water partition coefficient (Wildman–Crippen LogP) is 18.5. The number of rotatable bonds is 8. The fraction of sp³-hybridized carbons (Fsp3) is 0. The molecule has 0 aliphatic heterocycles. The Morgan fingerprint density at radius 3 is 1.03 bits per heavy atom. The first-order valence-corrected chi connectivity index (χ1v) is 22.8. The molecule has 0 saturated heterocycles. The van der Waals surface area contributed by atoms with Crippen molar-refractivity contribution in [3.05, 3.63) is 266 Å². The Hall–Kier alpha value is -8.58. The molecule has 0 N–H and O–H groups in total. The monoisotopic (exact) mass is 836 g/mol. The van der Waals surface area contributed by atoms with Gasteiger partial charge in [0.25, 0.3) is 0 Å². The highest BCUT2D eigenvalue weighted by atomic mass is 14.2. The van der Waals surface area contributed by atoms with E-state index in [0.717, 1.165) is 11.1 Å². The molecule has 12 aromatic rings. The standard InChI is InChI=1S/C66H44/c1-4-19-49(20-5-1)62-55-26-10-12-28-57(55)63(58-29-13-11-27-56(58)62)52-42-40-48(41-43-52)47-38-36-45(37-39-47)34-35-46-18-16-25-53(44-46)54-32-17-33-61-64(50-21-6-2-7-22-50)59-30-14-15-31-60(59)65(66(54)61)51-23-8-3-9-24-51/h1-44H. The lowest BCUT2D eigenvalue weighted by Gasteiger charge is -2.20. The average molecular weight is 837 g/mol. The van der Waals surface area contributed by atoms with Gasteiger partial charge < -0.3 is 0 Å². The molecule has 0 fully saturated rings. The van der Waals surface area contributed by atoms with Gasteiger partial charge in [-0.25, -0.2) is 0 Å². The van der Waals surface area contributed by atoms with E-state index >= 15 is 0 Å². The summed E-state index contributed by atoms with van der Waals surface area (Å²) in [5.41, 5.74) is 17.1. The van der Waals surface area contributed by atoms with Gasteiger partial charge in [-0.1, -0.05) is 261 Å². The van der Waals surface area contributed by atoms with Crippen molar-refractivity contribution in [2.24, 2.45) is 0 Å². The summed E-state index contributed by atoms with van der Waals surface area (Å²) in [5.74, 6) is 0. The number of fused-ring (bicyclic) bond motifs is 4. The van der Waals surface area contributed by atoms with Crippen molar-refractivity contribution in [2.45, 2.75) is 0 Å². The first-order chi connectivity index (χ1) is 32.8. The molecule has 0 heteroatoms. The van der Waals surface area contributed by atoms with E-state index in [2.05, 4.69) is 267 Å². The lowest BCUT2D eigenvalue weighted by Crippen LogP contribution is -1.93. The van der Waals surface area contributed by atoms with Crippen LogP contribution in [0.3, 0.4) is 0 Å². The average Bonchev–Trinajstić information content (AvgIpc) is 3.39. The summed E-state index contributed by atoms with van der Waals surface area (Å²) >= 11 is 0. The third-order valence-electron chi connectivity index (χ3n) is 13.3. The first kappa shape index (κ1) is 39.0. The van der Waals surface area contributed by atoms with E-state index < -0.39 is 0 Å². The summed E-state index contributed by atoms with van der Waals surface area (Å²) < 4.78 is 0. The maximum Gasteiger partial charge on any atom is -0.00141 e. The SMILES string of the molecule is C(=Cc1cccc(-c2cccc3c(-c4ccccc4)c4ccccc4c(-c4ccccc4)c23)c1)c1ccc(-c2ccc(-c3c4ccccc4c(-c4ccccc4)c4ccccc34)cc2)cc1. The van der Waals surface area contributed by atoms with Crippen molar-refractivity contribution < 1.29 is 0 Å². The molecule has 12 aromatic carbocycles. The van der Waals surface area contributed by atoms with Gasteiger partial charge in [0.15, 0.2) is 0 Å². The minimum atomic E-state index is 1.16. The lowest BCUT2D eigenvalue weighted by molar-refractivity contribution is 1.59. The number of hydrogen-bond acceptors (Lipinski definition) is 0. The van der Waals surface area contributed by atoms with Crippen LogP contribution in [0.15, 0.2) is 255 Å². The lowest BCUT2D eigenvalue weighted by atomic mass is 9.83. The molecule has 12 rings (SSSR count). The molecule has 0 radical (unpaired) electrons. The third kappa shape index (κ3) is 6.97. The van der Waals surface area contributed by atoms with Crippen molar-refractivity contribution in [1.82, 2.24) is 0 Å². The van der Waals surface area contributed by atoms with Crippen LogP contribution in [-0.2, 0) is 0 Å². The highest BCUT2D eigenvalue weighted by Crippen LogP contribution is 2.48. The van der Waals surface area contributed by atoms with E-state index in [9.17, 15) is 0 Å². The highest BCUT2D eigenvalue weighted by Gasteiger charge is 2.20. The summed E-state index contributed by atoms with van der Waals surface area (Å²) in [7, 11) is 0. The van der Waals surface area contributed by atoms with Crippen molar-refractivity contribution in [2.75, 3.05) is 0 Å². The summed E-state index contributed by atoms with van der Waals surface area (Å²) in [6, 6.07) is 92.9. The molecule has 0 aliphatic rings. The summed E-state index contributed by atoms with van der Waals surface area (Å²) in [4.78, 5) is 0. The maximum absolute atomic E-state index is 2.33. The Balaban J connectivity index is 0.871. The van der Waals surface area contributed by atoms with Gasteiger partial charge in [0.1, 0.15) is 0 Å². The van der Waals surface area contributed by atoms with Gasteiger partial charge in [-0.15, -0.1) is 0 Å². The van der Waals surface area contributed by atoms with E-state index in [1.54, 1.807) is 0 Å². The molecule has 308 valence electrons. The van der Waals surface area contributed by atoms with Crippen LogP contribution in [0.1, 0.15) is 11.1 Å². The topological polar surface area (TPSA) is 0 Å². The van der Waals surface area contributed by atoms with Crippen LogP contribution in [0.25, 0.3) is 122 Å². The molecule has 0 spiro atoms. The smallest absolute Gasteiger partial charge is 0.00141 e. The van der Waals surface area contributed by atoms with Crippen molar-refractivity contribution in [3.63, 3.8) is 0 Å². The van der Waals surface area contributed by atoms with Gasteiger partial charge in [-0.3, -0.25) is 0 Å². The molecule has 0 aliphatic carbocycles. The molecule has 0 bridgehead atoms. The second-order valence-corrected chi connectivity index (χ2v) is 17.1. The fourth-order valence-corrected chi connectivity index (χ4v) is 10.3. The third-order valence-corrected chi connectivity index (χ3v) is 13.3. The zero-order valence-electron chi connectivity index (χ0n) is 36.4. The van der Waals surface area contributed by atoms with Crippen LogP contribution >= 0.6 is 0 Å². The van der Waals surface area contributed by atoms with E-state index in [4.69, 9.17) is 0 Å². The number of benzene rings is 12. The van der Waals surface area contributed by atoms with E-state index in [1.165, 1.54) is 110 Å². The van der Waals surface area contributed by atoms with Crippen LogP contribution in [0.2, 0.25) is 0 Å². The first-order valence-electron chi connectivity index (χ1n) is 22.8. The minimum Gasteiger partial charge on any atom is -0.0622 e. The fourth-order valence-electron chi connectivity index (χ4n) is 10.3. The second-order valence-electron chi connectivity index (χ2n) is 17.1. The zero-order chi connectivity index (χ0) is 43.8. The summed E-state index contributed by atoms with van der Waals surface area (Å²) in [6.45, 7) is 0. The van der Waals surface area contributed by atoms with Crippen molar-refractivity contribution >= 4 is 55.2 Å². The normalized spacial score (nSPS) is 11.6. The Morgan fingerprint density at radius 2 is 0.530 bits per heavy atom. The molecule has 0 unspecified atom stereocenters. The quantitative estimate of drug-likeness (QED) is 0.106. The molecule has 0 saturated carbocycles. The molecule has 0 nitrogen and oxygen atoms in total. The summed E-state index contributed by atoms with van der Waals surface area (Å²) in [6.07, 6.45) is 4.46. The van der Waals surface area contributed by atoms with E-state index in [0.29, 0.717) is 0 Å². The van der Waals surface area contributed by atoms with Gasteiger partial charge in [-0.05, 0) is 127 Å². The molecule has 0 atom stereocenters. The van der Waals surface area contributed by atoms with Crippen LogP contribution in [-0.4, -0.2) is 0 Å². The van der Waals surface area contributed by atoms with Crippen LogP contribution in [0.4, 0.5) is 0 Å². The molecule has 66 heavy (non-hydrogen) atoms. The molecular formula is C66H44. The highest BCUT2D eigenvalue weighted by molar-refractivity contribution is 6.25. The molecule has 0 aromatic heterocycles. The largest absolute Gasteiger partial charge is 0.0622 e. The Morgan fingerprint density at radius 1 is 0.197 bits per heavy atom. The summed E-state index contributed by atoms with van der Waals surface area (Å²) in [5, 5.41) is 10.1. The van der Waals surface area contributed by atoms with Crippen molar-refractivity contribution in [1.29, 1.82) is 0 Å². The Kier molecular flexibility index (Phi) is 9.97. The van der Waals surface area contributed by atoms with Gasteiger partial charge >= 0.3 is 0 Å². The molecular weight excluding hydrogens is 793 g/mol.